The summed E-state index contributed by atoms with van der Waals surface area (Å²) in [5.41, 5.74) is 9.03. The number of halogens is 2. The van der Waals surface area contributed by atoms with Crippen LogP contribution in [0.1, 0.15) is 17.2 Å². The Hall–Kier alpha value is -1.97. The molecule has 2 aromatic carbocycles. The van der Waals surface area contributed by atoms with Crippen LogP contribution in [0.5, 0.6) is 0 Å². The van der Waals surface area contributed by atoms with Crippen LogP contribution in [0, 0.1) is 5.82 Å². The zero-order chi connectivity index (χ0) is 14.8. The van der Waals surface area contributed by atoms with Crippen molar-refractivity contribution >= 4 is 22.5 Å². The van der Waals surface area contributed by atoms with Crippen LogP contribution in [-0.2, 0) is 6.42 Å². The molecule has 0 spiro atoms. The van der Waals surface area contributed by atoms with Gasteiger partial charge in [-0.15, -0.1) is 0 Å². The first-order chi connectivity index (χ1) is 10.1. The van der Waals surface area contributed by atoms with Crippen molar-refractivity contribution in [2.24, 2.45) is 5.73 Å². The van der Waals surface area contributed by atoms with Gasteiger partial charge < -0.3 is 5.73 Å². The highest BCUT2D eigenvalue weighted by molar-refractivity contribution is 6.31. The van der Waals surface area contributed by atoms with Gasteiger partial charge in [0.2, 0.25) is 0 Å². The summed E-state index contributed by atoms with van der Waals surface area (Å²) in [6, 6.07) is 13.9. The molecular weight excluding hydrogens is 287 g/mol. The number of rotatable bonds is 3. The standard InChI is InChI=1S/C17H14ClFN2/c18-15-10-12(19)5-6-14(15)16(20)9-11-7-8-21-17-4-2-1-3-13(11)17/h1-8,10,16H,9,20H2. The summed E-state index contributed by atoms with van der Waals surface area (Å²) in [6.07, 6.45) is 2.39. The van der Waals surface area contributed by atoms with Crippen molar-refractivity contribution in [3.05, 3.63) is 76.7 Å². The molecule has 0 aliphatic heterocycles. The van der Waals surface area contributed by atoms with Crippen molar-refractivity contribution in [3.63, 3.8) is 0 Å². The lowest BCUT2D eigenvalue weighted by atomic mass is 9.97. The maximum atomic E-state index is 13.1. The van der Waals surface area contributed by atoms with Gasteiger partial charge in [0.05, 0.1) is 5.52 Å². The number of nitrogens with zero attached hydrogens (tertiary/aromatic N) is 1. The van der Waals surface area contributed by atoms with E-state index in [9.17, 15) is 4.39 Å². The Morgan fingerprint density at radius 1 is 1.14 bits per heavy atom. The number of fused-ring (bicyclic) bond motifs is 1. The van der Waals surface area contributed by atoms with Crippen molar-refractivity contribution in [1.82, 2.24) is 4.98 Å². The normalized spacial score (nSPS) is 12.5. The number of hydrogen-bond donors (Lipinski definition) is 1. The number of hydrogen-bond acceptors (Lipinski definition) is 2. The van der Waals surface area contributed by atoms with Crippen molar-refractivity contribution in [2.75, 3.05) is 0 Å². The van der Waals surface area contributed by atoms with Gasteiger partial charge in [0.15, 0.2) is 0 Å². The van der Waals surface area contributed by atoms with Crippen LogP contribution in [0.15, 0.2) is 54.7 Å². The van der Waals surface area contributed by atoms with E-state index in [1.807, 2.05) is 30.3 Å². The second-order valence-corrected chi connectivity index (χ2v) is 5.37. The van der Waals surface area contributed by atoms with E-state index in [1.54, 1.807) is 12.3 Å². The van der Waals surface area contributed by atoms with Gasteiger partial charge in [-0.25, -0.2) is 4.39 Å². The molecule has 0 bridgehead atoms. The fourth-order valence-corrected chi connectivity index (χ4v) is 2.79. The van der Waals surface area contributed by atoms with E-state index in [-0.39, 0.29) is 11.9 Å². The summed E-state index contributed by atoms with van der Waals surface area (Å²) < 4.78 is 13.1. The SMILES string of the molecule is NC(Cc1ccnc2ccccc12)c1ccc(F)cc1Cl. The second kappa shape index (κ2) is 5.80. The molecule has 3 rings (SSSR count). The quantitative estimate of drug-likeness (QED) is 0.784. The minimum atomic E-state index is -0.356. The molecule has 0 fully saturated rings. The predicted octanol–water partition coefficient (Wildman–Crippen LogP) is 4.27. The van der Waals surface area contributed by atoms with Gasteiger partial charge in [-0.2, -0.15) is 0 Å². The number of aromatic nitrogens is 1. The van der Waals surface area contributed by atoms with E-state index in [0.717, 1.165) is 22.0 Å². The number of pyridine rings is 1. The Bertz CT molecular complexity index is 783. The third-order valence-electron chi connectivity index (χ3n) is 3.54. The lowest BCUT2D eigenvalue weighted by Gasteiger charge is -2.15. The zero-order valence-electron chi connectivity index (χ0n) is 11.3. The molecule has 2 nitrogen and oxygen atoms in total. The van der Waals surface area contributed by atoms with Gasteiger partial charge in [-0.05, 0) is 41.8 Å². The van der Waals surface area contributed by atoms with Crippen LogP contribution in [0.3, 0.4) is 0 Å². The monoisotopic (exact) mass is 300 g/mol. The molecule has 0 saturated heterocycles. The molecule has 106 valence electrons. The number of nitrogens with two attached hydrogens (primary N) is 1. The van der Waals surface area contributed by atoms with Crippen LogP contribution in [0.25, 0.3) is 10.9 Å². The van der Waals surface area contributed by atoms with Gasteiger partial charge in [-0.1, -0.05) is 35.9 Å². The summed E-state index contributed by atoms with van der Waals surface area (Å²) >= 11 is 6.08. The molecule has 0 aliphatic carbocycles. The summed E-state index contributed by atoms with van der Waals surface area (Å²) in [7, 11) is 0. The van der Waals surface area contributed by atoms with Gasteiger partial charge in [-0.3, -0.25) is 4.98 Å². The van der Waals surface area contributed by atoms with E-state index >= 15 is 0 Å². The van der Waals surface area contributed by atoms with Crippen LogP contribution in [0.2, 0.25) is 5.02 Å². The average molecular weight is 301 g/mol. The average Bonchev–Trinajstić information content (AvgIpc) is 2.47. The summed E-state index contributed by atoms with van der Waals surface area (Å²) in [6.45, 7) is 0. The molecule has 0 aliphatic rings. The molecule has 4 heteroatoms. The molecule has 0 radical (unpaired) electrons. The Kier molecular flexibility index (Phi) is 3.86. The summed E-state index contributed by atoms with van der Waals surface area (Å²) in [5.74, 6) is -0.356. The highest BCUT2D eigenvalue weighted by atomic mass is 35.5. The molecule has 1 unspecified atom stereocenters. The fraction of sp³-hybridized carbons (Fsp3) is 0.118. The van der Waals surface area contributed by atoms with Gasteiger partial charge >= 0.3 is 0 Å². The molecule has 0 amide bonds. The van der Waals surface area contributed by atoms with E-state index in [1.165, 1.54) is 12.1 Å². The molecule has 1 heterocycles. The molecule has 0 saturated carbocycles. The lowest BCUT2D eigenvalue weighted by molar-refractivity contribution is 0.624. The Labute approximate surface area is 127 Å². The van der Waals surface area contributed by atoms with E-state index in [2.05, 4.69) is 4.98 Å². The van der Waals surface area contributed by atoms with Crippen molar-refractivity contribution in [1.29, 1.82) is 0 Å². The van der Waals surface area contributed by atoms with Crippen LogP contribution >= 0.6 is 11.6 Å². The molecule has 3 aromatic rings. The molecule has 1 atom stereocenters. The fourth-order valence-electron chi connectivity index (χ4n) is 2.48. The molecule has 2 N–H and O–H groups in total. The summed E-state index contributed by atoms with van der Waals surface area (Å²) in [4.78, 5) is 4.33. The molecule has 1 aromatic heterocycles. The minimum Gasteiger partial charge on any atom is -0.324 e. The van der Waals surface area contributed by atoms with Gasteiger partial charge in [0.25, 0.3) is 0 Å². The van der Waals surface area contributed by atoms with Crippen molar-refractivity contribution < 1.29 is 4.39 Å². The largest absolute Gasteiger partial charge is 0.324 e. The lowest BCUT2D eigenvalue weighted by Crippen LogP contribution is -2.14. The van der Waals surface area contributed by atoms with Gasteiger partial charge in [0.1, 0.15) is 5.82 Å². The van der Waals surface area contributed by atoms with E-state index in [0.29, 0.717) is 11.4 Å². The Morgan fingerprint density at radius 3 is 2.76 bits per heavy atom. The predicted molar refractivity (Wildman–Crippen MR) is 83.8 cm³/mol. The Balaban J connectivity index is 1.94. The van der Waals surface area contributed by atoms with Crippen LogP contribution in [0.4, 0.5) is 4.39 Å². The zero-order valence-corrected chi connectivity index (χ0v) is 12.0. The highest BCUT2D eigenvalue weighted by Gasteiger charge is 2.13. The van der Waals surface area contributed by atoms with E-state index < -0.39 is 0 Å². The smallest absolute Gasteiger partial charge is 0.124 e. The molecular formula is C17H14ClFN2. The van der Waals surface area contributed by atoms with Crippen LogP contribution in [-0.4, -0.2) is 4.98 Å². The topological polar surface area (TPSA) is 38.9 Å². The number of para-hydroxylation sites is 1. The first kappa shape index (κ1) is 14.0. The maximum Gasteiger partial charge on any atom is 0.124 e. The molecule has 21 heavy (non-hydrogen) atoms. The second-order valence-electron chi connectivity index (χ2n) is 4.96. The van der Waals surface area contributed by atoms with Gasteiger partial charge in [0, 0.05) is 22.6 Å². The van der Waals surface area contributed by atoms with E-state index in [4.69, 9.17) is 17.3 Å². The maximum absolute atomic E-state index is 13.1. The Morgan fingerprint density at radius 2 is 1.95 bits per heavy atom. The third-order valence-corrected chi connectivity index (χ3v) is 3.87. The summed E-state index contributed by atoms with van der Waals surface area (Å²) in [5, 5.41) is 1.44. The number of benzene rings is 2. The first-order valence-electron chi connectivity index (χ1n) is 6.68. The van der Waals surface area contributed by atoms with Crippen LogP contribution < -0.4 is 5.73 Å². The third kappa shape index (κ3) is 2.89. The van der Waals surface area contributed by atoms with Crippen molar-refractivity contribution in [3.8, 4) is 0 Å². The highest BCUT2D eigenvalue weighted by Crippen LogP contribution is 2.27. The minimum absolute atomic E-state index is 0.288. The van der Waals surface area contributed by atoms with Crippen molar-refractivity contribution in [2.45, 2.75) is 12.5 Å². The first-order valence-corrected chi connectivity index (χ1v) is 7.06.